The molecule has 0 aliphatic rings. The first-order valence-electron chi connectivity index (χ1n) is 8.61. The van der Waals surface area contributed by atoms with Crippen molar-refractivity contribution >= 4 is 22.1 Å². The summed E-state index contributed by atoms with van der Waals surface area (Å²) in [5.41, 5.74) is 1.58. The molecule has 0 saturated heterocycles. The lowest BCUT2D eigenvalue weighted by atomic mass is 10.1. The van der Waals surface area contributed by atoms with E-state index in [1.807, 2.05) is 12.1 Å². The molecule has 0 atom stereocenters. The molecule has 3 aromatic heterocycles. The lowest BCUT2D eigenvalue weighted by Gasteiger charge is -2.00. The SMILES string of the molecule is [2H]c1ccnc(-c2cccc3c2oc2nc(C([2H])([2H])[2H])ccc23)c1[2H]. The summed E-state index contributed by atoms with van der Waals surface area (Å²) < 4.78 is 44.1. The number of hydrogen-bond donors (Lipinski definition) is 0. The number of rotatable bonds is 1. The molecule has 0 aliphatic carbocycles. The van der Waals surface area contributed by atoms with Gasteiger partial charge in [0.25, 0.3) is 0 Å². The molecule has 0 unspecified atom stereocenters. The molecule has 0 bridgehead atoms. The van der Waals surface area contributed by atoms with Crippen LogP contribution in [0.3, 0.4) is 0 Å². The van der Waals surface area contributed by atoms with Crippen LogP contribution in [0.5, 0.6) is 0 Å². The van der Waals surface area contributed by atoms with Gasteiger partial charge in [0.1, 0.15) is 5.58 Å². The predicted octanol–water partition coefficient (Wildman–Crippen LogP) is 4.35. The van der Waals surface area contributed by atoms with Crippen LogP contribution >= 0.6 is 0 Å². The Morgan fingerprint density at radius 2 is 2.15 bits per heavy atom. The Bertz CT molecular complexity index is 1120. The minimum absolute atomic E-state index is 0.00611. The van der Waals surface area contributed by atoms with Crippen molar-refractivity contribution in [3.8, 4) is 11.3 Å². The molecule has 3 nitrogen and oxygen atoms in total. The van der Waals surface area contributed by atoms with E-state index < -0.39 is 6.85 Å². The topological polar surface area (TPSA) is 38.9 Å². The molecule has 0 saturated carbocycles. The smallest absolute Gasteiger partial charge is 0.227 e. The summed E-state index contributed by atoms with van der Waals surface area (Å²) in [4.78, 5) is 8.33. The minimum atomic E-state index is -2.31. The maximum atomic E-state index is 8.08. The van der Waals surface area contributed by atoms with Gasteiger partial charge < -0.3 is 4.42 Å². The van der Waals surface area contributed by atoms with E-state index in [2.05, 4.69) is 9.97 Å². The third-order valence-corrected chi connectivity index (χ3v) is 3.17. The van der Waals surface area contributed by atoms with Crippen molar-refractivity contribution in [3.05, 3.63) is 60.4 Å². The normalized spacial score (nSPS) is 15.5. The first-order valence-corrected chi connectivity index (χ1v) is 6.11. The molecule has 0 radical (unpaired) electrons. The van der Waals surface area contributed by atoms with Gasteiger partial charge in [0, 0.05) is 32.3 Å². The molecule has 0 fully saturated rings. The Labute approximate surface area is 122 Å². The number of benzene rings is 1. The molecule has 0 spiro atoms. The second-order valence-electron chi connectivity index (χ2n) is 4.40. The zero-order valence-corrected chi connectivity index (χ0v) is 10.3. The van der Waals surface area contributed by atoms with Crippen LogP contribution in [0.1, 0.15) is 12.5 Å². The molecular weight excluding hydrogens is 248 g/mol. The van der Waals surface area contributed by atoms with Gasteiger partial charge in [-0.3, -0.25) is 4.98 Å². The van der Waals surface area contributed by atoms with E-state index in [0.717, 1.165) is 5.39 Å². The van der Waals surface area contributed by atoms with Crippen LogP contribution in [0, 0.1) is 6.85 Å². The highest BCUT2D eigenvalue weighted by Crippen LogP contribution is 2.34. The number of furan rings is 1. The molecule has 0 N–H and O–H groups in total. The number of hydrogen-bond acceptors (Lipinski definition) is 3. The number of para-hydroxylation sites is 1. The highest BCUT2D eigenvalue weighted by molar-refractivity contribution is 6.08. The van der Waals surface area contributed by atoms with Gasteiger partial charge in [-0.25, -0.2) is 4.98 Å². The van der Waals surface area contributed by atoms with Gasteiger partial charge in [-0.05, 0) is 37.2 Å². The fraction of sp³-hybridized carbons (Fsp3) is 0.0588. The zero-order chi connectivity index (χ0) is 17.8. The molecule has 20 heavy (non-hydrogen) atoms. The van der Waals surface area contributed by atoms with Crippen molar-refractivity contribution < 1.29 is 11.3 Å². The Morgan fingerprint density at radius 1 is 1.15 bits per heavy atom. The molecule has 4 aromatic rings. The zero-order valence-electron chi connectivity index (χ0n) is 15.3. The second kappa shape index (κ2) is 4.17. The maximum Gasteiger partial charge on any atom is 0.227 e. The lowest BCUT2D eigenvalue weighted by molar-refractivity contribution is 0.653. The van der Waals surface area contributed by atoms with Gasteiger partial charge in [-0.2, -0.15) is 0 Å². The predicted molar refractivity (Wildman–Crippen MR) is 79.5 cm³/mol. The van der Waals surface area contributed by atoms with Crippen molar-refractivity contribution in [3.63, 3.8) is 0 Å². The minimum Gasteiger partial charge on any atom is -0.437 e. The van der Waals surface area contributed by atoms with Crippen LogP contribution in [0.25, 0.3) is 33.3 Å². The highest BCUT2D eigenvalue weighted by Gasteiger charge is 2.13. The van der Waals surface area contributed by atoms with Crippen LogP contribution in [-0.4, -0.2) is 9.97 Å². The number of pyridine rings is 2. The second-order valence-corrected chi connectivity index (χ2v) is 4.40. The summed E-state index contributed by atoms with van der Waals surface area (Å²) in [6, 6.07) is 10.1. The summed E-state index contributed by atoms with van der Waals surface area (Å²) >= 11 is 0. The Balaban J connectivity index is 2.03. The van der Waals surface area contributed by atoms with E-state index in [1.165, 1.54) is 18.3 Å². The average molecular weight is 265 g/mol. The fourth-order valence-corrected chi connectivity index (χ4v) is 2.29. The van der Waals surface area contributed by atoms with Gasteiger partial charge >= 0.3 is 0 Å². The van der Waals surface area contributed by atoms with E-state index in [9.17, 15) is 0 Å². The fourth-order valence-electron chi connectivity index (χ4n) is 2.29. The maximum absolute atomic E-state index is 8.08. The number of aromatic nitrogens is 2. The van der Waals surface area contributed by atoms with Gasteiger partial charge in [0.15, 0.2) is 0 Å². The summed E-state index contributed by atoms with van der Waals surface area (Å²) in [5, 5.41) is 1.45. The van der Waals surface area contributed by atoms with Crippen molar-refractivity contribution in [2.24, 2.45) is 0 Å². The van der Waals surface area contributed by atoms with Crippen molar-refractivity contribution in [2.45, 2.75) is 6.85 Å². The van der Waals surface area contributed by atoms with Crippen molar-refractivity contribution in [1.29, 1.82) is 0 Å². The van der Waals surface area contributed by atoms with Gasteiger partial charge in [-0.1, -0.05) is 18.2 Å². The first kappa shape index (κ1) is 7.20. The van der Waals surface area contributed by atoms with Crippen molar-refractivity contribution in [1.82, 2.24) is 9.97 Å². The monoisotopic (exact) mass is 265 g/mol. The van der Waals surface area contributed by atoms with E-state index in [0.29, 0.717) is 22.2 Å². The van der Waals surface area contributed by atoms with E-state index in [-0.39, 0.29) is 23.5 Å². The van der Waals surface area contributed by atoms with E-state index >= 15 is 0 Å². The third-order valence-electron chi connectivity index (χ3n) is 3.17. The number of nitrogens with zero attached hydrogens (tertiary/aromatic N) is 2. The molecule has 1 aromatic carbocycles. The average Bonchev–Trinajstić information content (AvgIpc) is 2.94. The standard InChI is InChI=1S/C17H12N2O/c1-11-8-9-13-12-5-4-6-14(15-7-2-3-10-18-15)16(12)20-17(13)19-11/h2-10H,1H3/i1D3,2D,7D. The largest absolute Gasteiger partial charge is 0.437 e. The molecule has 0 aliphatic heterocycles. The van der Waals surface area contributed by atoms with Gasteiger partial charge in [0.05, 0.1) is 8.44 Å². The lowest BCUT2D eigenvalue weighted by Crippen LogP contribution is -1.81. The molecule has 0 amide bonds. The van der Waals surface area contributed by atoms with Crippen molar-refractivity contribution in [2.75, 3.05) is 0 Å². The summed E-state index contributed by atoms with van der Waals surface area (Å²) in [6.45, 7) is -2.31. The van der Waals surface area contributed by atoms with Crippen LogP contribution in [0.4, 0.5) is 0 Å². The van der Waals surface area contributed by atoms with Crippen LogP contribution < -0.4 is 0 Å². The third kappa shape index (κ3) is 1.60. The molecular formula is C17H12N2O. The van der Waals surface area contributed by atoms with E-state index in [1.54, 1.807) is 12.1 Å². The molecule has 96 valence electrons. The Kier molecular flexibility index (Phi) is 1.50. The molecule has 3 heteroatoms. The summed E-state index contributed by atoms with van der Waals surface area (Å²) in [6.07, 6.45) is 1.47. The van der Waals surface area contributed by atoms with Crippen LogP contribution in [0.2, 0.25) is 0 Å². The Morgan fingerprint density at radius 3 is 3.10 bits per heavy atom. The highest BCUT2D eigenvalue weighted by atomic mass is 16.3. The quantitative estimate of drug-likeness (QED) is 0.513. The molecule has 3 heterocycles. The van der Waals surface area contributed by atoms with Gasteiger partial charge in [0.2, 0.25) is 5.71 Å². The molecule has 4 rings (SSSR count). The number of fused-ring (bicyclic) bond motifs is 3. The Hall–Kier alpha value is -2.68. The van der Waals surface area contributed by atoms with Gasteiger partial charge in [-0.15, -0.1) is 0 Å². The first-order chi connectivity index (χ1) is 11.9. The summed E-state index contributed by atoms with van der Waals surface area (Å²) in [7, 11) is 0. The van der Waals surface area contributed by atoms with Crippen LogP contribution in [-0.2, 0) is 0 Å². The number of aryl methyl sites for hydroxylation is 1. The summed E-state index contributed by atoms with van der Waals surface area (Å²) in [5.74, 6) is 0. The van der Waals surface area contributed by atoms with E-state index in [4.69, 9.17) is 11.3 Å². The van der Waals surface area contributed by atoms with Crippen LogP contribution in [0.15, 0.2) is 59.1 Å².